The van der Waals surface area contributed by atoms with Gasteiger partial charge in [0.25, 0.3) is 5.91 Å². The molecule has 1 aromatic heterocycles. The molecule has 3 fully saturated rings. The van der Waals surface area contributed by atoms with E-state index in [2.05, 4.69) is 17.0 Å². The summed E-state index contributed by atoms with van der Waals surface area (Å²) in [5.41, 5.74) is 7.05. The minimum Gasteiger partial charge on any atom is -0.333 e. The van der Waals surface area contributed by atoms with Gasteiger partial charge >= 0.3 is 0 Å². The van der Waals surface area contributed by atoms with Crippen LogP contribution in [0.15, 0.2) is 24.5 Å². The van der Waals surface area contributed by atoms with Crippen LogP contribution in [0.5, 0.6) is 0 Å². The summed E-state index contributed by atoms with van der Waals surface area (Å²) in [4.78, 5) is 33.6. The van der Waals surface area contributed by atoms with Crippen molar-refractivity contribution >= 4 is 11.8 Å². The predicted molar refractivity (Wildman–Crippen MR) is 106 cm³/mol. The Bertz CT molecular complexity index is 837. The average Bonchev–Trinajstić information content (AvgIpc) is 3.30. The van der Waals surface area contributed by atoms with Gasteiger partial charge in [0.1, 0.15) is 6.04 Å². The number of hydrogen-bond donors (Lipinski definition) is 1. The van der Waals surface area contributed by atoms with Crippen molar-refractivity contribution in [2.24, 2.45) is 11.7 Å². The van der Waals surface area contributed by atoms with Crippen LogP contribution in [0.25, 0.3) is 0 Å². The van der Waals surface area contributed by atoms with E-state index >= 15 is 0 Å². The second-order valence-electron chi connectivity index (χ2n) is 8.24. The molecule has 2 amide bonds. The number of nitrogens with two attached hydrogens (primary N) is 1. The third-order valence-electron chi connectivity index (χ3n) is 6.71. The number of aromatic nitrogens is 1. The number of carbonyl (C=O) groups is 2. The monoisotopic (exact) mass is 391 g/mol. The number of fused-ring (bicyclic) bond motifs is 2. The molecule has 0 saturated carbocycles. The zero-order chi connectivity index (χ0) is 20.5. The molecule has 4 rings (SSSR count). The Balaban J connectivity index is 1.47. The maximum Gasteiger partial charge on any atom is 0.254 e. The molecule has 5 atom stereocenters. The van der Waals surface area contributed by atoms with Gasteiger partial charge in [0, 0.05) is 30.0 Å². The second-order valence-corrected chi connectivity index (χ2v) is 8.24. The van der Waals surface area contributed by atoms with Crippen LogP contribution >= 0.6 is 0 Å². The summed E-state index contributed by atoms with van der Waals surface area (Å²) in [5, 5.41) is 9.39. The number of piperidine rings is 1. The molecule has 0 aliphatic carbocycles. The molecular weight excluding hydrogens is 366 g/mol. The van der Waals surface area contributed by atoms with Crippen LogP contribution in [0.3, 0.4) is 0 Å². The van der Waals surface area contributed by atoms with Crippen LogP contribution in [0.1, 0.15) is 48.9 Å². The van der Waals surface area contributed by atoms with Crippen LogP contribution in [0.4, 0.5) is 0 Å². The summed E-state index contributed by atoms with van der Waals surface area (Å²) in [6.07, 6.45) is 13.3. The molecule has 7 heteroatoms. The molecular formula is C22H25N5O2. The molecule has 3 aliphatic rings. The molecule has 4 heterocycles. The Hall–Kier alpha value is -2.90. The molecule has 0 aromatic carbocycles. The third-order valence-corrected chi connectivity index (χ3v) is 6.71. The molecule has 29 heavy (non-hydrogen) atoms. The molecule has 0 spiro atoms. The highest BCUT2D eigenvalue weighted by Gasteiger charge is 2.47. The summed E-state index contributed by atoms with van der Waals surface area (Å²) in [6, 6.07) is 4.28. The van der Waals surface area contributed by atoms with Crippen LogP contribution in [0, 0.1) is 29.6 Å². The first-order valence-corrected chi connectivity index (χ1v) is 10.2. The van der Waals surface area contributed by atoms with E-state index in [0.717, 1.165) is 12.8 Å². The summed E-state index contributed by atoms with van der Waals surface area (Å²) in [7, 11) is 0. The number of nitriles is 1. The lowest BCUT2D eigenvalue weighted by Gasteiger charge is -2.41. The van der Waals surface area contributed by atoms with E-state index in [0.29, 0.717) is 31.2 Å². The number of likely N-dealkylation sites (tertiary alicyclic amines) is 1. The lowest BCUT2D eigenvalue weighted by Crippen LogP contribution is -2.56. The normalized spacial score (nSPS) is 31.8. The van der Waals surface area contributed by atoms with Crippen molar-refractivity contribution in [2.75, 3.05) is 0 Å². The minimum atomic E-state index is -0.693. The summed E-state index contributed by atoms with van der Waals surface area (Å²) in [5.74, 6) is 2.41. The maximum absolute atomic E-state index is 13.1. The smallest absolute Gasteiger partial charge is 0.254 e. The van der Waals surface area contributed by atoms with Gasteiger partial charge in [-0.15, -0.1) is 6.42 Å². The predicted octanol–water partition coefficient (Wildman–Crippen LogP) is 1.31. The first kappa shape index (κ1) is 19.4. The fourth-order valence-corrected chi connectivity index (χ4v) is 5.27. The number of nitrogens with zero attached hydrogens (tertiary/aromatic N) is 4. The average molecular weight is 391 g/mol. The molecule has 1 aromatic rings. The van der Waals surface area contributed by atoms with Gasteiger partial charge in [-0.3, -0.25) is 14.6 Å². The summed E-state index contributed by atoms with van der Waals surface area (Å²) in [6.45, 7) is 0. The zero-order valence-corrected chi connectivity index (χ0v) is 16.3. The molecule has 0 radical (unpaired) electrons. The molecule has 2 N–H and O–H groups in total. The van der Waals surface area contributed by atoms with Gasteiger partial charge in [-0.05, 0) is 56.6 Å². The van der Waals surface area contributed by atoms with Gasteiger partial charge in [-0.25, -0.2) is 0 Å². The van der Waals surface area contributed by atoms with E-state index in [1.165, 1.54) is 4.90 Å². The Morgan fingerprint density at radius 2 is 1.72 bits per heavy atom. The van der Waals surface area contributed by atoms with Crippen LogP contribution in [-0.2, 0) is 4.79 Å². The van der Waals surface area contributed by atoms with Crippen LogP contribution < -0.4 is 5.73 Å². The standard InChI is InChI=1S/C22H25N5O2/c1-2-16-3-6-19(13-23)26(16)22(29)20(24)15-11-17-4-5-18(12-15)27(17)21(28)14-7-9-25-10-8-14/h1,7-10,15-20H,3-6,11-12,24H2. The van der Waals surface area contributed by atoms with E-state index < -0.39 is 12.1 Å². The van der Waals surface area contributed by atoms with E-state index in [1.54, 1.807) is 24.5 Å². The van der Waals surface area contributed by atoms with Crippen molar-refractivity contribution < 1.29 is 9.59 Å². The van der Waals surface area contributed by atoms with Crippen molar-refractivity contribution in [2.45, 2.75) is 68.7 Å². The fraction of sp³-hybridized carbons (Fsp3) is 0.545. The van der Waals surface area contributed by atoms with Crippen molar-refractivity contribution in [3.8, 4) is 18.4 Å². The highest BCUT2D eigenvalue weighted by atomic mass is 16.2. The first-order valence-electron chi connectivity index (χ1n) is 10.2. The van der Waals surface area contributed by atoms with Gasteiger partial charge in [0.05, 0.1) is 18.2 Å². The van der Waals surface area contributed by atoms with Crippen LogP contribution in [-0.4, -0.2) is 56.8 Å². The number of carbonyl (C=O) groups excluding carboxylic acids is 2. The number of terminal acetylenes is 1. The van der Waals surface area contributed by atoms with Gasteiger partial charge < -0.3 is 15.5 Å². The topological polar surface area (TPSA) is 103 Å². The quantitative estimate of drug-likeness (QED) is 0.783. The van der Waals surface area contributed by atoms with Crippen molar-refractivity contribution in [3.63, 3.8) is 0 Å². The lowest BCUT2D eigenvalue weighted by atomic mass is 9.84. The fourth-order valence-electron chi connectivity index (χ4n) is 5.27. The second kappa shape index (κ2) is 7.85. The van der Waals surface area contributed by atoms with E-state index in [1.807, 2.05) is 4.90 Å². The van der Waals surface area contributed by atoms with Gasteiger partial charge in [-0.1, -0.05) is 5.92 Å². The largest absolute Gasteiger partial charge is 0.333 e. The SMILES string of the molecule is C#CC1CCC(C#N)N1C(=O)C(N)C1CC2CCC(C1)N2C(=O)c1ccncc1. The lowest BCUT2D eigenvalue weighted by molar-refractivity contribution is -0.135. The molecule has 3 saturated heterocycles. The molecule has 7 nitrogen and oxygen atoms in total. The van der Waals surface area contributed by atoms with Crippen molar-refractivity contribution in [1.29, 1.82) is 5.26 Å². The minimum absolute atomic E-state index is 0.0140. The highest BCUT2D eigenvalue weighted by Crippen LogP contribution is 2.41. The highest BCUT2D eigenvalue weighted by molar-refractivity contribution is 5.94. The van der Waals surface area contributed by atoms with E-state index in [-0.39, 0.29) is 35.9 Å². The summed E-state index contributed by atoms with van der Waals surface area (Å²) >= 11 is 0. The van der Waals surface area contributed by atoms with Gasteiger partial charge in [0.2, 0.25) is 5.91 Å². The van der Waals surface area contributed by atoms with Gasteiger partial charge in [0.15, 0.2) is 0 Å². The Morgan fingerprint density at radius 1 is 1.10 bits per heavy atom. The van der Waals surface area contributed by atoms with E-state index in [9.17, 15) is 14.9 Å². The van der Waals surface area contributed by atoms with Crippen molar-refractivity contribution in [3.05, 3.63) is 30.1 Å². The summed E-state index contributed by atoms with van der Waals surface area (Å²) < 4.78 is 0. The van der Waals surface area contributed by atoms with Crippen LogP contribution in [0.2, 0.25) is 0 Å². The number of hydrogen-bond acceptors (Lipinski definition) is 5. The number of amides is 2. The first-order chi connectivity index (χ1) is 14.0. The van der Waals surface area contributed by atoms with E-state index in [4.69, 9.17) is 12.2 Å². The number of pyridine rings is 1. The zero-order valence-electron chi connectivity index (χ0n) is 16.3. The molecule has 2 bridgehead atoms. The molecule has 150 valence electrons. The Morgan fingerprint density at radius 3 is 2.31 bits per heavy atom. The Labute approximate surface area is 170 Å². The van der Waals surface area contributed by atoms with Crippen molar-refractivity contribution in [1.82, 2.24) is 14.8 Å². The number of rotatable bonds is 3. The maximum atomic E-state index is 13.1. The molecule has 3 aliphatic heterocycles. The third kappa shape index (κ3) is 3.36. The van der Waals surface area contributed by atoms with Gasteiger partial charge in [-0.2, -0.15) is 5.26 Å². The molecule has 5 unspecified atom stereocenters. The Kier molecular flexibility index (Phi) is 5.25.